The summed E-state index contributed by atoms with van der Waals surface area (Å²) in [6.07, 6.45) is 4.56. The van der Waals surface area contributed by atoms with Gasteiger partial charge in [0.05, 0.1) is 0 Å². The van der Waals surface area contributed by atoms with Crippen LogP contribution in [-0.2, 0) is 11.2 Å². The predicted molar refractivity (Wildman–Crippen MR) is 66.6 cm³/mol. The quantitative estimate of drug-likeness (QED) is 0.699. The van der Waals surface area contributed by atoms with Gasteiger partial charge in [-0.3, -0.25) is 4.79 Å². The van der Waals surface area contributed by atoms with E-state index in [1.54, 1.807) is 0 Å². The van der Waals surface area contributed by atoms with E-state index in [2.05, 4.69) is 24.3 Å². The maximum absolute atomic E-state index is 12.0. The van der Waals surface area contributed by atoms with E-state index in [1.165, 1.54) is 11.1 Å². The lowest BCUT2D eigenvalue weighted by molar-refractivity contribution is -0.116. The normalized spacial score (nSPS) is 18.9. The fourth-order valence-electron chi connectivity index (χ4n) is 2.46. The number of benzene rings is 1. The van der Waals surface area contributed by atoms with Gasteiger partial charge in [0, 0.05) is 6.42 Å². The van der Waals surface area contributed by atoms with Crippen molar-refractivity contribution < 1.29 is 4.79 Å². The second-order valence-electron chi connectivity index (χ2n) is 4.39. The van der Waals surface area contributed by atoms with Crippen LogP contribution in [0.3, 0.4) is 0 Å². The van der Waals surface area contributed by atoms with Crippen molar-refractivity contribution in [3.8, 4) is 0 Å². The topological polar surface area (TPSA) is 17.1 Å². The summed E-state index contributed by atoms with van der Waals surface area (Å²) < 4.78 is 0. The van der Waals surface area contributed by atoms with Crippen LogP contribution in [0.4, 0.5) is 0 Å². The highest BCUT2D eigenvalue weighted by atomic mass is 16.1. The number of Topliss-reactive ketones (excluding diaryl/α,β-unsaturated/α-hetero) is 1. The molecule has 84 valence electrons. The van der Waals surface area contributed by atoms with Gasteiger partial charge in [-0.2, -0.15) is 0 Å². The summed E-state index contributed by atoms with van der Waals surface area (Å²) in [6, 6.07) is 8.44. The molecule has 0 radical (unpaired) electrons. The Hall–Kier alpha value is -1.37. The number of ketones is 1. The molecule has 1 aliphatic rings. The predicted octanol–water partition coefficient (Wildman–Crippen LogP) is 3.64. The zero-order valence-electron chi connectivity index (χ0n) is 9.99. The van der Waals surface area contributed by atoms with Crippen LogP contribution in [0.5, 0.6) is 0 Å². The molecule has 0 amide bonds. The Morgan fingerprint density at radius 1 is 1.44 bits per heavy atom. The summed E-state index contributed by atoms with van der Waals surface area (Å²) in [5.41, 5.74) is 3.77. The molecule has 0 bridgehead atoms. The van der Waals surface area contributed by atoms with Gasteiger partial charge < -0.3 is 0 Å². The second kappa shape index (κ2) is 4.65. The summed E-state index contributed by atoms with van der Waals surface area (Å²) >= 11 is 0. The fraction of sp³-hybridized carbons (Fsp3) is 0.400. The average molecular weight is 214 g/mol. The first-order chi connectivity index (χ1) is 7.76. The molecule has 1 aromatic carbocycles. The van der Waals surface area contributed by atoms with Gasteiger partial charge in [-0.25, -0.2) is 0 Å². The number of rotatable bonds is 4. The molecule has 1 unspecified atom stereocenters. The van der Waals surface area contributed by atoms with Crippen LogP contribution in [0.25, 0.3) is 0 Å². The summed E-state index contributed by atoms with van der Waals surface area (Å²) in [5, 5.41) is 0. The molecule has 1 aromatic rings. The van der Waals surface area contributed by atoms with Crippen LogP contribution in [-0.4, -0.2) is 5.78 Å². The molecule has 1 atom stereocenters. The van der Waals surface area contributed by atoms with Crippen LogP contribution >= 0.6 is 0 Å². The minimum absolute atomic E-state index is 0.324. The van der Waals surface area contributed by atoms with Crippen LogP contribution < -0.4 is 0 Å². The molecule has 2 rings (SSSR count). The molecule has 0 saturated carbocycles. The van der Waals surface area contributed by atoms with Crippen molar-refractivity contribution in [1.82, 2.24) is 0 Å². The van der Waals surface area contributed by atoms with Gasteiger partial charge >= 0.3 is 0 Å². The third-order valence-corrected chi connectivity index (χ3v) is 3.48. The molecule has 1 nitrogen and oxygen atoms in total. The van der Waals surface area contributed by atoms with Crippen molar-refractivity contribution in [2.45, 2.75) is 39.0 Å². The minimum atomic E-state index is 0.324. The van der Waals surface area contributed by atoms with E-state index in [0.29, 0.717) is 18.1 Å². The van der Waals surface area contributed by atoms with Crippen molar-refractivity contribution in [2.75, 3.05) is 0 Å². The van der Waals surface area contributed by atoms with Gasteiger partial charge in [0.15, 0.2) is 5.78 Å². The molecule has 0 N–H and O–H groups in total. The molecule has 0 fully saturated rings. The Bertz CT molecular complexity index is 429. The monoisotopic (exact) mass is 214 g/mol. The summed E-state index contributed by atoms with van der Waals surface area (Å²) in [6.45, 7) is 3.99. The number of carbonyl (C=O) groups excluding carboxylic acids is 1. The summed E-state index contributed by atoms with van der Waals surface area (Å²) in [7, 11) is 0. The number of fused-ring (bicyclic) bond motifs is 1. The number of hydrogen-bond acceptors (Lipinski definition) is 1. The van der Waals surface area contributed by atoms with Crippen LogP contribution in [0.1, 0.15) is 43.7 Å². The Labute approximate surface area is 97.2 Å². The van der Waals surface area contributed by atoms with Crippen molar-refractivity contribution in [1.29, 1.82) is 0 Å². The highest BCUT2D eigenvalue weighted by Gasteiger charge is 2.27. The Morgan fingerprint density at radius 2 is 2.19 bits per heavy atom. The standard InChI is InChI=1S/C15H18O/c1-3-11(4-2)15(16)10-13-9-12-7-5-6-8-14(12)13/h3,5-8,13H,4,9-10H2,1-2H3/b11-3-. The van der Waals surface area contributed by atoms with E-state index >= 15 is 0 Å². The molecular weight excluding hydrogens is 196 g/mol. The van der Waals surface area contributed by atoms with Crippen LogP contribution in [0, 0.1) is 0 Å². The van der Waals surface area contributed by atoms with Gasteiger partial charge in [-0.1, -0.05) is 37.3 Å². The Morgan fingerprint density at radius 3 is 2.81 bits per heavy atom. The smallest absolute Gasteiger partial charge is 0.159 e. The lowest BCUT2D eigenvalue weighted by Crippen LogP contribution is -2.20. The van der Waals surface area contributed by atoms with E-state index in [-0.39, 0.29) is 0 Å². The van der Waals surface area contributed by atoms with Gasteiger partial charge in [0.2, 0.25) is 0 Å². The van der Waals surface area contributed by atoms with E-state index in [4.69, 9.17) is 0 Å². The van der Waals surface area contributed by atoms with Crippen LogP contribution in [0.15, 0.2) is 35.9 Å². The Kier molecular flexibility index (Phi) is 3.23. The molecular formula is C15H18O. The zero-order chi connectivity index (χ0) is 11.5. The van der Waals surface area contributed by atoms with Crippen molar-refractivity contribution in [2.24, 2.45) is 0 Å². The second-order valence-corrected chi connectivity index (χ2v) is 4.39. The number of hydrogen-bond donors (Lipinski definition) is 0. The molecule has 0 aliphatic heterocycles. The molecule has 0 aromatic heterocycles. The van der Waals surface area contributed by atoms with Gasteiger partial charge in [-0.05, 0) is 42.4 Å². The van der Waals surface area contributed by atoms with Crippen molar-refractivity contribution in [3.63, 3.8) is 0 Å². The first kappa shape index (κ1) is 11.1. The first-order valence-electron chi connectivity index (χ1n) is 6.02. The van der Waals surface area contributed by atoms with Crippen LogP contribution in [0.2, 0.25) is 0 Å². The Balaban J connectivity index is 2.02. The third kappa shape index (κ3) is 1.95. The molecule has 0 spiro atoms. The number of carbonyl (C=O) groups is 1. The summed E-state index contributed by atoms with van der Waals surface area (Å²) in [5.74, 6) is 0.787. The zero-order valence-corrected chi connectivity index (χ0v) is 9.99. The van der Waals surface area contributed by atoms with E-state index in [9.17, 15) is 4.79 Å². The van der Waals surface area contributed by atoms with Gasteiger partial charge in [0.25, 0.3) is 0 Å². The van der Waals surface area contributed by atoms with E-state index in [1.807, 2.05) is 19.9 Å². The third-order valence-electron chi connectivity index (χ3n) is 3.48. The highest BCUT2D eigenvalue weighted by Crippen LogP contribution is 2.37. The lowest BCUT2D eigenvalue weighted by Gasteiger charge is -2.29. The summed E-state index contributed by atoms with van der Waals surface area (Å²) in [4.78, 5) is 12.0. The fourth-order valence-corrected chi connectivity index (χ4v) is 2.46. The maximum atomic E-state index is 12.0. The van der Waals surface area contributed by atoms with E-state index < -0.39 is 0 Å². The van der Waals surface area contributed by atoms with Crippen molar-refractivity contribution in [3.05, 3.63) is 47.0 Å². The minimum Gasteiger partial charge on any atom is -0.295 e. The molecule has 16 heavy (non-hydrogen) atoms. The number of allylic oxidation sites excluding steroid dienone is 2. The first-order valence-corrected chi connectivity index (χ1v) is 6.02. The van der Waals surface area contributed by atoms with Gasteiger partial charge in [0.1, 0.15) is 0 Å². The molecule has 0 saturated heterocycles. The highest BCUT2D eigenvalue weighted by molar-refractivity contribution is 5.95. The average Bonchev–Trinajstić information content (AvgIpc) is 2.27. The molecule has 1 aliphatic carbocycles. The van der Waals surface area contributed by atoms with Crippen molar-refractivity contribution >= 4 is 5.78 Å². The van der Waals surface area contributed by atoms with E-state index in [0.717, 1.165) is 18.4 Å². The lowest BCUT2D eigenvalue weighted by atomic mass is 9.74. The largest absolute Gasteiger partial charge is 0.295 e. The van der Waals surface area contributed by atoms with Gasteiger partial charge in [-0.15, -0.1) is 0 Å². The maximum Gasteiger partial charge on any atom is 0.159 e. The molecule has 1 heteroatoms. The SMILES string of the molecule is C/C=C(/CC)C(=O)CC1Cc2ccccc21. The molecule has 0 heterocycles.